The summed E-state index contributed by atoms with van der Waals surface area (Å²) in [4.78, 5) is 3.70. The molecule has 1 rings (SSSR count). The first-order valence-electron chi connectivity index (χ1n) is 3.58. The molecule has 0 bridgehead atoms. The number of ether oxygens (including phenoxy) is 2. The van der Waals surface area contributed by atoms with Crippen LogP contribution < -0.4 is 9.47 Å². The molecule has 0 amide bonds. The smallest absolute Gasteiger partial charge is 0.176 e. The number of methoxy groups -OCH3 is 1. The summed E-state index contributed by atoms with van der Waals surface area (Å²) in [6.07, 6.45) is 1.39. The molecule has 1 aromatic rings. The van der Waals surface area contributed by atoms with Crippen molar-refractivity contribution in [3.05, 3.63) is 24.3 Å². The van der Waals surface area contributed by atoms with Gasteiger partial charge in [0.25, 0.3) is 0 Å². The Balaban J connectivity index is 2.64. The molecule has 0 saturated heterocycles. The Kier molecular flexibility index (Phi) is 3.14. The highest BCUT2D eigenvalue weighted by molar-refractivity contribution is 5.51. The average Bonchev–Trinajstić information content (AvgIpc) is 2.15. The van der Waals surface area contributed by atoms with Gasteiger partial charge >= 0.3 is 0 Å². The molecular formula is C9H11NO2. The van der Waals surface area contributed by atoms with Crippen molar-refractivity contribution in [2.75, 3.05) is 14.2 Å². The zero-order valence-corrected chi connectivity index (χ0v) is 7.15. The van der Waals surface area contributed by atoms with E-state index in [9.17, 15) is 0 Å². The van der Waals surface area contributed by atoms with Crippen molar-refractivity contribution in [2.45, 2.75) is 0 Å². The molecule has 1 aromatic carbocycles. The summed E-state index contributed by atoms with van der Waals surface area (Å²) in [5, 5.41) is 0. The fourth-order valence-electron chi connectivity index (χ4n) is 0.768. The van der Waals surface area contributed by atoms with Crippen LogP contribution in [0.15, 0.2) is 29.3 Å². The fraction of sp³-hybridized carbons (Fsp3) is 0.222. The summed E-state index contributed by atoms with van der Waals surface area (Å²) < 4.78 is 10.1. The molecule has 0 unspecified atom stereocenters. The highest BCUT2D eigenvalue weighted by Crippen LogP contribution is 2.16. The summed E-state index contributed by atoms with van der Waals surface area (Å²) in [5.41, 5.74) is 0. The summed E-state index contributed by atoms with van der Waals surface area (Å²) in [6.45, 7) is 0. The molecule has 0 N–H and O–H groups in total. The maximum Gasteiger partial charge on any atom is 0.176 e. The minimum absolute atomic E-state index is 0.751. The standard InChI is InChI=1S/C9H11NO2/c1-10-7-12-9-5-3-8(11-2)4-6-9/h3-7H,1-2H3/b10-7-. The number of rotatable bonds is 3. The third-order valence-corrected chi connectivity index (χ3v) is 1.35. The van der Waals surface area contributed by atoms with E-state index in [1.165, 1.54) is 6.40 Å². The van der Waals surface area contributed by atoms with Crippen molar-refractivity contribution in [1.29, 1.82) is 0 Å². The van der Waals surface area contributed by atoms with Gasteiger partial charge in [-0.15, -0.1) is 0 Å². The third-order valence-electron chi connectivity index (χ3n) is 1.35. The van der Waals surface area contributed by atoms with Gasteiger partial charge in [-0.2, -0.15) is 0 Å². The van der Waals surface area contributed by atoms with Crippen molar-refractivity contribution in [1.82, 2.24) is 0 Å². The first-order valence-corrected chi connectivity index (χ1v) is 3.58. The zero-order valence-electron chi connectivity index (χ0n) is 7.15. The quantitative estimate of drug-likeness (QED) is 0.504. The maximum atomic E-state index is 5.11. The van der Waals surface area contributed by atoms with Crippen LogP contribution >= 0.6 is 0 Å². The molecular weight excluding hydrogens is 154 g/mol. The molecule has 0 heterocycles. The van der Waals surface area contributed by atoms with Gasteiger partial charge in [0.1, 0.15) is 11.5 Å². The van der Waals surface area contributed by atoms with Crippen molar-refractivity contribution in [3.63, 3.8) is 0 Å². The molecule has 0 aliphatic heterocycles. The van der Waals surface area contributed by atoms with Crippen molar-refractivity contribution in [3.8, 4) is 11.5 Å². The lowest BCUT2D eigenvalue weighted by Crippen LogP contribution is -1.89. The number of hydrogen-bond donors (Lipinski definition) is 0. The molecule has 0 atom stereocenters. The minimum Gasteiger partial charge on any atom is -0.497 e. The van der Waals surface area contributed by atoms with E-state index in [-0.39, 0.29) is 0 Å². The normalized spacial score (nSPS) is 10.2. The Bertz CT molecular complexity index is 254. The summed E-state index contributed by atoms with van der Waals surface area (Å²) in [5.74, 6) is 1.57. The monoisotopic (exact) mass is 165 g/mol. The van der Waals surface area contributed by atoms with Gasteiger partial charge in [-0.3, -0.25) is 4.99 Å². The molecule has 0 spiro atoms. The molecule has 3 heteroatoms. The van der Waals surface area contributed by atoms with Crippen LogP contribution in [0.1, 0.15) is 0 Å². The Labute approximate surface area is 71.6 Å². The first-order chi connectivity index (χ1) is 5.86. The van der Waals surface area contributed by atoms with Crippen LogP contribution in [-0.4, -0.2) is 20.6 Å². The van der Waals surface area contributed by atoms with Gasteiger partial charge < -0.3 is 9.47 Å². The van der Waals surface area contributed by atoms with Crippen LogP contribution in [0.3, 0.4) is 0 Å². The maximum absolute atomic E-state index is 5.11. The van der Waals surface area contributed by atoms with E-state index in [1.54, 1.807) is 14.2 Å². The predicted molar refractivity (Wildman–Crippen MR) is 48.0 cm³/mol. The van der Waals surface area contributed by atoms with Gasteiger partial charge in [0, 0.05) is 7.05 Å². The molecule has 64 valence electrons. The second-order valence-corrected chi connectivity index (χ2v) is 2.16. The van der Waals surface area contributed by atoms with E-state index >= 15 is 0 Å². The van der Waals surface area contributed by atoms with Crippen LogP contribution in [0.2, 0.25) is 0 Å². The molecule has 0 aliphatic rings. The first kappa shape index (κ1) is 8.59. The van der Waals surface area contributed by atoms with E-state index in [4.69, 9.17) is 9.47 Å². The molecule has 3 nitrogen and oxygen atoms in total. The number of benzene rings is 1. The highest BCUT2D eigenvalue weighted by Gasteiger charge is 1.91. The summed E-state index contributed by atoms with van der Waals surface area (Å²) >= 11 is 0. The van der Waals surface area contributed by atoms with Crippen molar-refractivity contribution < 1.29 is 9.47 Å². The second kappa shape index (κ2) is 4.38. The van der Waals surface area contributed by atoms with Gasteiger partial charge in [-0.1, -0.05) is 0 Å². The predicted octanol–water partition coefficient (Wildman–Crippen LogP) is 1.73. The van der Waals surface area contributed by atoms with E-state index < -0.39 is 0 Å². The van der Waals surface area contributed by atoms with Crippen molar-refractivity contribution in [2.24, 2.45) is 4.99 Å². The second-order valence-electron chi connectivity index (χ2n) is 2.16. The van der Waals surface area contributed by atoms with Crippen molar-refractivity contribution >= 4 is 6.40 Å². The lowest BCUT2D eigenvalue weighted by Gasteiger charge is -2.00. The van der Waals surface area contributed by atoms with Gasteiger partial charge in [0.2, 0.25) is 0 Å². The largest absolute Gasteiger partial charge is 0.497 e. The fourth-order valence-corrected chi connectivity index (χ4v) is 0.768. The lowest BCUT2D eigenvalue weighted by atomic mass is 10.3. The minimum atomic E-state index is 0.751. The molecule has 0 fully saturated rings. The lowest BCUT2D eigenvalue weighted by molar-refractivity contribution is 0.414. The Morgan fingerprint density at radius 1 is 1.17 bits per heavy atom. The van der Waals surface area contributed by atoms with Gasteiger partial charge in [-0.25, -0.2) is 0 Å². The van der Waals surface area contributed by atoms with Crippen LogP contribution in [0.25, 0.3) is 0 Å². The average molecular weight is 165 g/mol. The number of nitrogens with zero attached hydrogens (tertiary/aromatic N) is 1. The number of aliphatic imine (C=N–C) groups is 1. The third kappa shape index (κ3) is 2.27. The molecule has 0 aliphatic carbocycles. The molecule has 0 aromatic heterocycles. The van der Waals surface area contributed by atoms with E-state index in [0.717, 1.165) is 11.5 Å². The van der Waals surface area contributed by atoms with Crippen LogP contribution in [0, 0.1) is 0 Å². The van der Waals surface area contributed by atoms with E-state index in [2.05, 4.69) is 4.99 Å². The topological polar surface area (TPSA) is 30.8 Å². The van der Waals surface area contributed by atoms with E-state index in [1.807, 2.05) is 24.3 Å². The Morgan fingerprint density at radius 3 is 2.25 bits per heavy atom. The molecule has 0 saturated carbocycles. The SMILES string of the molecule is C/N=C\Oc1ccc(OC)cc1. The Hall–Kier alpha value is -1.51. The zero-order chi connectivity index (χ0) is 8.81. The van der Waals surface area contributed by atoms with E-state index in [0.29, 0.717) is 0 Å². The highest BCUT2D eigenvalue weighted by atomic mass is 16.5. The van der Waals surface area contributed by atoms with Crippen LogP contribution in [0.5, 0.6) is 11.5 Å². The van der Waals surface area contributed by atoms with Gasteiger partial charge in [0.05, 0.1) is 7.11 Å². The van der Waals surface area contributed by atoms with Gasteiger partial charge in [0.15, 0.2) is 6.40 Å². The Morgan fingerprint density at radius 2 is 1.75 bits per heavy atom. The molecule has 0 radical (unpaired) electrons. The van der Waals surface area contributed by atoms with Crippen LogP contribution in [0.4, 0.5) is 0 Å². The summed E-state index contributed by atoms with van der Waals surface area (Å²) in [6, 6.07) is 7.30. The molecule has 12 heavy (non-hydrogen) atoms. The number of hydrogen-bond acceptors (Lipinski definition) is 3. The van der Waals surface area contributed by atoms with Gasteiger partial charge in [-0.05, 0) is 24.3 Å². The summed E-state index contributed by atoms with van der Waals surface area (Å²) in [7, 11) is 3.28. The van der Waals surface area contributed by atoms with Crippen LogP contribution in [-0.2, 0) is 0 Å².